The molecular weight excluding hydrogens is 308 g/mol. The topological polar surface area (TPSA) is 72.8 Å². The van der Waals surface area contributed by atoms with Crippen LogP contribution >= 0.6 is 0 Å². The molecule has 0 radical (unpaired) electrons. The van der Waals surface area contributed by atoms with E-state index in [1.807, 2.05) is 0 Å². The highest BCUT2D eigenvalue weighted by Crippen LogP contribution is 2.37. The third kappa shape index (κ3) is 2.09. The molecule has 0 spiro atoms. The zero-order chi connectivity index (χ0) is 17.6. The number of ether oxygens (including phenoxy) is 2. The minimum Gasteiger partial charge on any atom is -0.508 e. The number of hydrogen-bond donors (Lipinski definition) is 1. The van der Waals surface area contributed by atoms with Crippen molar-refractivity contribution in [2.75, 3.05) is 14.2 Å². The standard InChI is InChI=1S/C19H16O5/c1-9-15(23-3)6-5-11-17(9)19(22)14-8-16(24-4)12(10(2)20)7-13(14)18(11)21/h5-8,20H,2H2,1,3-4H3. The van der Waals surface area contributed by atoms with Gasteiger partial charge in [0.15, 0.2) is 11.6 Å². The van der Waals surface area contributed by atoms with Gasteiger partial charge in [-0.15, -0.1) is 0 Å². The predicted octanol–water partition coefficient (Wildman–Crippen LogP) is 3.32. The number of rotatable bonds is 3. The van der Waals surface area contributed by atoms with Crippen LogP contribution in [0.1, 0.15) is 43.0 Å². The summed E-state index contributed by atoms with van der Waals surface area (Å²) in [4.78, 5) is 25.8. The van der Waals surface area contributed by atoms with Gasteiger partial charge < -0.3 is 14.6 Å². The lowest BCUT2D eigenvalue weighted by Crippen LogP contribution is -2.23. The van der Waals surface area contributed by atoms with Gasteiger partial charge in [-0.25, -0.2) is 0 Å². The third-order valence-electron chi connectivity index (χ3n) is 4.25. The maximum atomic E-state index is 12.9. The molecule has 0 aliphatic heterocycles. The van der Waals surface area contributed by atoms with Gasteiger partial charge in [-0.2, -0.15) is 0 Å². The van der Waals surface area contributed by atoms with E-state index in [2.05, 4.69) is 6.58 Å². The van der Waals surface area contributed by atoms with Crippen LogP contribution in [0.15, 0.2) is 30.8 Å². The molecule has 5 heteroatoms. The van der Waals surface area contributed by atoms with Crippen LogP contribution in [0.5, 0.6) is 11.5 Å². The Morgan fingerprint density at radius 2 is 1.58 bits per heavy atom. The molecule has 24 heavy (non-hydrogen) atoms. The second-order valence-electron chi connectivity index (χ2n) is 5.52. The van der Waals surface area contributed by atoms with Gasteiger partial charge in [-0.1, -0.05) is 6.58 Å². The third-order valence-corrected chi connectivity index (χ3v) is 4.25. The molecule has 0 saturated heterocycles. The maximum Gasteiger partial charge on any atom is 0.195 e. The van der Waals surface area contributed by atoms with Crippen LogP contribution < -0.4 is 9.47 Å². The van der Waals surface area contributed by atoms with Crippen LogP contribution in [0.2, 0.25) is 0 Å². The summed E-state index contributed by atoms with van der Waals surface area (Å²) in [6.45, 7) is 5.22. The SMILES string of the molecule is C=C(O)c1cc2c(cc1OC)C(=O)c1c(ccc(OC)c1C)C2=O. The largest absolute Gasteiger partial charge is 0.508 e. The Morgan fingerprint density at radius 3 is 2.17 bits per heavy atom. The van der Waals surface area contributed by atoms with Crippen LogP contribution in [0.25, 0.3) is 5.76 Å². The summed E-state index contributed by atoms with van der Waals surface area (Å²) < 4.78 is 10.5. The summed E-state index contributed by atoms with van der Waals surface area (Å²) in [7, 11) is 2.94. The van der Waals surface area contributed by atoms with Gasteiger partial charge >= 0.3 is 0 Å². The molecule has 2 aromatic carbocycles. The molecule has 0 saturated carbocycles. The number of hydrogen-bond acceptors (Lipinski definition) is 5. The van der Waals surface area contributed by atoms with Crippen LogP contribution in [-0.2, 0) is 0 Å². The van der Waals surface area contributed by atoms with Crippen LogP contribution in [0.3, 0.4) is 0 Å². The summed E-state index contributed by atoms with van der Waals surface area (Å²) in [5, 5.41) is 9.71. The first-order valence-electron chi connectivity index (χ1n) is 7.28. The lowest BCUT2D eigenvalue weighted by atomic mass is 9.81. The molecule has 0 fully saturated rings. The smallest absolute Gasteiger partial charge is 0.195 e. The van der Waals surface area contributed by atoms with Gasteiger partial charge in [0.1, 0.15) is 17.3 Å². The fraction of sp³-hybridized carbons (Fsp3) is 0.158. The Hall–Kier alpha value is -3.08. The first-order valence-corrected chi connectivity index (χ1v) is 7.28. The summed E-state index contributed by atoms with van der Waals surface area (Å²) in [5.41, 5.74) is 2.03. The van der Waals surface area contributed by atoms with Crippen molar-refractivity contribution in [1.82, 2.24) is 0 Å². The zero-order valence-corrected chi connectivity index (χ0v) is 13.6. The summed E-state index contributed by atoms with van der Waals surface area (Å²) in [6, 6.07) is 6.16. The fourth-order valence-corrected chi connectivity index (χ4v) is 3.03. The second kappa shape index (κ2) is 5.53. The molecule has 0 amide bonds. The molecule has 0 heterocycles. The first kappa shape index (κ1) is 15.8. The van der Waals surface area contributed by atoms with Crippen molar-refractivity contribution in [2.24, 2.45) is 0 Å². The Balaban J connectivity index is 2.31. The minimum absolute atomic E-state index is 0.225. The van der Waals surface area contributed by atoms with Crippen molar-refractivity contribution < 1.29 is 24.2 Å². The van der Waals surface area contributed by atoms with E-state index in [1.54, 1.807) is 19.1 Å². The molecule has 122 valence electrons. The van der Waals surface area contributed by atoms with Gasteiger partial charge in [0.05, 0.1) is 19.8 Å². The summed E-state index contributed by atoms with van der Waals surface area (Å²) >= 11 is 0. The van der Waals surface area contributed by atoms with Crippen molar-refractivity contribution in [1.29, 1.82) is 0 Å². The Kier molecular flexibility index (Phi) is 3.64. The van der Waals surface area contributed by atoms with E-state index in [4.69, 9.17) is 9.47 Å². The fourth-order valence-electron chi connectivity index (χ4n) is 3.03. The number of aliphatic hydroxyl groups excluding tert-OH is 1. The quantitative estimate of drug-likeness (QED) is 0.748. The molecule has 3 rings (SSSR count). The Labute approximate surface area is 139 Å². The molecule has 0 aromatic heterocycles. The molecular formula is C19H16O5. The molecule has 1 aliphatic carbocycles. The average Bonchev–Trinajstić information content (AvgIpc) is 2.58. The predicted molar refractivity (Wildman–Crippen MR) is 89.3 cm³/mol. The second-order valence-corrected chi connectivity index (χ2v) is 5.52. The van der Waals surface area contributed by atoms with Crippen molar-refractivity contribution >= 4 is 17.3 Å². The van der Waals surface area contributed by atoms with Crippen LogP contribution in [-0.4, -0.2) is 30.9 Å². The summed E-state index contributed by atoms with van der Waals surface area (Å²) in [6.07, 6.45) is 0. The highest BCUT2D eigenvalue weighted by molar-refractivity contribution is 6.29. The number of aliphatic hydroxyl groups is 1. The van der Waals surface area contributed by atoms with Crippen molar-refractivity contribution in [2.45, 2.75) is 6.92 Å². The lowest BCUT2D eigenvalue weighted by Gasteiger charge is -2.22. The number of methoxy groups -OCH3 is 2. The van der Waals surface area contributed by atoms with E-state index in [0.717, 1.165) is 0 Å². The highest BCUT2D eigenvalue weighted by Gasteiger charge is 2.33. The Bertz CT molecular complexity index is 908. The first-order chi connectivity index (χ1) is 11.4. The van der Waals surface area contributed by atoms with E-state index >= 15 is 0 Å². The number of carbonyl (C=O) groups is 2. The Morgan fingerprint density at radius 1 is 0.958 bits per heavy atom. The van der Waals surface area contributed by atoms with Crippen molar-refractivity contribution in [3.8, 4) is 11.5 Å². The van der Waals surface area contributed by atoms with E-state index in [1.165, 1.54) is 26.4 Å². The van der Waals surface area contributed by atoms with Gasteiger partial charge in [0, 0.05) is 27.8 Å². The van der Waals surface area contributed by atoms with E-state index in [-0.39, 0.29) is 39.8 Å². The van der Waals surface area contributed by atoms with Gasteiger partial charge in [0.2, 0.25) is 0 Å². The molecule has 5 nitrogen and oxygen atoms in total. The number of fused-ring (bicyclic) bond motifs is 2. The van der Waals surface area contributed by atoms with E-state index in [9.17, 15) is 14.7 Å². The van der Waals surface area contributed by atoms with Crippen molar-refractivity contribution in [3.63, 3.8) is 0 Å². The van der Waals surface area contributed by atoms with Crippen LogP contribution in [0, 0.1) is 6.92 Å². The van der Waals surface area contributed by atoms with Crippen LogP contribution in [0.4, 0.5) is 0 Å². The number of carbonyl (C=O) groups excluding carboxylic acids is 2. The van der Waals surface area contributed by atoms with Gasteiger partial charge in [-0.3, -0.25) is 9.59 Å². The number of ketones is 2. The minimum atomic E-state index is -0.282. The molecule has 0 bridgehead atoms. The maximum absolute atomic E-state index is 12.9. The van der Waals surface area contributed by atoms with Gasteiger partial charge in [-0.05, 0) is 31.2 Å². The normalized spacial score (nSPS) is 12.5. The average molecular weight is 324 g/mol. The molecule has 2 aromatic rings. The van der Waals surface area contributed by atoms with Gasteiger partial charge in [0.25, 0.3) is 0 Å². The molecule has 1 N–H and O–H groups in total. The lowest BCUT2D eigenvalue weighted by molar-refractivity contribution is 0.0978. The summed E-state index contributed by atoms with van der Waals surface area (Å²) in [5.74, 6) is 0.0450. The molecule has 0 atom stereocenters. The number of benzene rings is 2. The zero-order valence-electron chi connectivity index (χ0n) is 13.6. The highest BCUT2D eigenvalue weighted by atomic mass is 16.5. The van der Waals surface area contributed by atoms with E-state index < -0.39 is 0 Å². The van der Waals surface area contributed by atoms with E-state index in [0.29, 0.717) is 22.4 Å². The molecule has 0 unspecified atom stereocenters. The monoisotopic (exact) mass is 324 g/mol. The van der Waals surface area contributed by atoms with Crippen molar-refractivity contribution in [3.05, 3.63) is 64.2 Å². The molecule has 1 aliphatic rings.